The number of amides is 2. The molecular weight excluding hydrogens is 527 g/mol. The number of morpholine rings is 1. The van der Waals surface area contributed by atoms with E-state index in [1.165, 1.54) is 6.20 Å². The molecule has 2 aliphatic heterocycles. The lowest BCUT2D eigenvalue weighted by Crippen LogP contribution is -2.64. The second-order valence-electron chi connectivity index (χ2n) is 9.89. The number of carbonyl (C=O) groups excluding carboxylic acids is 1. The molecule has 2 fully saturated rings. The number of carbonyl (C=O) groups is 1. The molecule has 2 unspecified atom stereocenters. The second kappa shape index (κ2) is 10.4. The van der Waals surface area contributed by atoms with Crippen LogP contribution in [0.2, 0.25) is 0 Å². The molecule has 0 aliphatic carbocycles. The van der Waals surface area contributed by atoms with Crippen molar-refractivity contribution < 1.29 is 22.7 Å². The third kappa shape index (κ3) is 5.40. The average molecular weight is 554 g/mol. The van der Waals surface area contributed by atoms with Crippen molar-refractivity contribution in [1.29, 1.82) is 0 Å². The van der Waals surface area contributed by atoms with Crippen LogP contribution in [-0.4, -0.2) is 87.3 Å². The number of hydrogen-bond acceptors (Lipinski definition) is 8. The van der Waals surface area contributed by atoms with Gasteiger partial charge in [-0.3, -0.25) is 4.98 Å². The molecule has 3 aromatic heterocycles. The number of ether oxygens (including phenoxy) is 1. The molecule has 0 saturated carbocycles. The van der Waals surface area contributed by atoms with Gasteiger partial charge in [0, 0.05) is 42.4 Å². The average Bonchev–Trinajstić information content (AvgIpc) is 3.30. The second-order valence-corrected chi connectivity index (χ2v) is 9.89. The number of halogens is 3. The number of likely N-dealkylation sites (N-methyl/N-ethyl adjacent to an activating group) is 1. The molecule has 4 aromatic rings. The van der Waals surface area contributed by atoms with Gasteiger partial charge in [0.2, 0.25) is 0 Å². The summed E-state index contributed by atoms with van der Waals surface area (Å²) in [6.45, 7) is 1.17. The minimum atomic E-state index is -4.47. The van der Waals surface area contributed by atoms with Gasteiger partial charge in [-0.15, -0.1) is 0 Å². The maximum atomic E-state index is 13.4. The largest absolute Gasteiger partial charge is 0.408 e. The Bertz CT molecular complexity index is 1500. The highest BCUT2D eigenvalue weighted by Crippen LogP contribution is 2.34. The monoisotopic (exact) mass is 553 g/mol. The van der Waals surface area contributed by atoms with Crippen molar-refractivity contribution in [2.75, 3.05) is 48.9 Å². The number of urea groups is 1. The molecule has 40 heavy (non-hydrogen) atoms. The predicted octanol–water partition coefficient (Wildman–Crippen LogP) is 3.61. The third-order valence-electron chi connectivity index (χ3n) is 6.84. The Balaban J connectivity index is 1.34. The molecule has 0 spiro atoms. The predicted molar refractivity (Wildman–Crippen MR) is 142 cm³/mol. The molecule has 208 valence electrons. The van der Waals surface area contributed by atoms with E-state index in [1.807, 2.05) is 7.05 Å². The molecule has 6 rings (SSSR count). The molecule has 2 saturated heterocycles. The summed E-state index contributed by atoms with van der Waals surface area (Å²) < 4.78 is 46.7. The molecule has 2 atom stereocenters. The van der Waals surface area contributed by atoms with Gasteiger partial charge in [-0.05, 0) is 43.4 Å². The van der Waals surface area contributed by atoms with E-state index in [-0.39, 0.29) is 23.6 Å². The molecule has 2 amide bonds. The first-order valence-electron chi connectivity index (χ1n) is 12.7. The highest BCUT2D eigenvalue weighted by molar-refractivity contribution is 5.99. The number of aromatic nitrogens is 5. The Morgan fingerprint density at radius 3 is 2.30 bits per heavy atom. The molecule has 14 heteroatoms. The molecule has 1 aromatic carbocycles. The number of hydrogen-bond donors (Lipinski definition) is 2. The van der Waals surface area contributed by atoms with Crippen LogP contribution in [0.15, 0.2) is 55.0 Å². The van der Waals surface area contributed by atoms with E-state index >= 15 is 0 Å². The van der Waals surface area contributed by atoms with Gasteiger partial charge in [0.05, 0.1) is 36.9 Å². The first kappa shape index (κ1) is 26.0. The van der Waals surface area contributed by atoms with Gasteiger partial charge in [-0.2, -0.15) is 18.3 Å². The molecule has 2 bridgehead atoms. The summed E-state index contributed by atoms with van der Waals surface area (Å²) in [4.78, 5) is 30.0. The van der Waals surface area contributed by atoms with Crippen molar-refractivity contribution in [2.45, 2.75) is 24.8 Å². The first-order valence-corrected chi connectivity index (χ1v) is 12.7. The molecular formula is C26H26F3N9O2. The Morgan fingerprint density at radius 1 is 1.00 bits per heavy atom. The van der Waals surface area contributed by atoms with E-state index in [1.54, 1.807) is 48.8 Å². The number of fused-ring (bicyclic) bond motifs is 3. The Labute approximate surface area is 227 Å². The molecule has 2 N–H and O–H groups in total. The first-order chi connectivity index (χ1) is 19.2. The van der Waals surface area contributed by atoms with Crippen molar-refractivity contribution in [1.82, 2.24) is 29.6 Å². The van der Waals surface area contributed by atoms with E-state index in [0.29, 0.717) is 41.4 Å². The summed E-state index contributed by atoms with van der Waals surface area (Å²) in [7, 11) is 2.04. The minimum absolute atomic E-state index is 0.0140. The van der Waals surface area contributed by atoms with Crippen molar-refractivity contribution in [3.05, 3.63) is 55.0 Å². The fraction of sp³-hybridized carbons (Fsp3) is 0.346. The lowest BCUT2D eigenvalue weighted by atomic mass is 10.0. The van der Waals surface area contributed by atoms with Crippen LogP contribution in [-0.2, 0) is 11.3 Å². The smallest absolute Gasteiger partial charge is 0.377 e. The van der Waals surface area contributed by atoms with Crippen LogP contribution >= 0.6 is 0 Å². The van der Waals surface area contributed by atoms with Gasteiger partial charge < -0.3 is 25.2 Å². The van der Waals surface area contributed by atoms with Crippen LogP contribution in [0.4, 0.5) is 35.2 Å². The fourth-order valence-corrected chi connectivity index (χ4v) is 5.20. The summed E-state index contributed by atoms with van der Waals surface area (Å²) in [5.41, 5.74) is 1.80. The van der Waals surface area contributed by atoms with Gasteiger partial charge in [-0.25, -0.2) is 19.4 Å². The standard InChI is InChI=1S/C26H26F3N9O2/c1-36-11-19-13-40-14-20(12-36)38(19)24-21-10-31-37(15-26(27,28)29)23(21)34-22(35-24)16-2-4-17(5-3-16)32-25(39)33-18-6-8-30-9-7-18/h2-10,19-20H,11-15H2,1H3,(H2,30,32,33,39). The van der Waals surface area contributed by atoms with Gasteiger partial charge in [-0.1, -0.05) is 0 Å². The normalized spacial score (nSPS) is 19.6. The van der Waals surface area contributed by atoms with Gasteiger partial charge in [0.1, 0.15) is 12.4 Å². The van der Waals surface area contributed by atoms with Crippen LogP contribution in [0.3, 0.4) is 0 Å². The zero-order valence-corrected chi connectivity index (χ0v) is 21.5. The number of piperazine rings is 1. The quantitative estimate of drug-likeness (QED) is 0.386. The number of nitrogens with zero attached hydrogens (tertiary/aromatic N) is 7. The van der Waals surface area contributed by atoms with Crippen molar-refractivity contribution >= 4 is 34.3 Å². The van der Waals surface area contributed by atoms with Crippen molar-refractivity contribution in [2.24, 2.45) is 0 Å². The van der Waals surface area contributed by atoms with Crippen LogP contribution in [0.25, 0.3) is 22.4 Å². The lowest BCUT2D eigenvalue weighted by Gasteiger charge is -2.49. The van der Waals surface area contributed by atoms with Crippen molar-refractivity contribution in [3.63, 3.8) is 0 Å². The maximum absolute atomic E-state index is 13.4. The number of rotatable bonds is 5. The Morgan fingerprint density at radius 2 is 1.65 bits per heavy atom. The summed E-state index contributed by atoms with van der Waals surface area (Å²) in [5, 5.41) is 9.94. The summed E-state index contributed by atoms with van der Waals surface area (Å²) >= 11 is 0. The topological polar surface area (TPSA) is 113 Å². The van der Waals surface area contributed by atoms with E-state index in [2.05, 4.69) is 35.5 Å². The Kier molecular flexibility index (Phi) is 6.72. The van der Waals surface area contributed by atoms with Gasteiger partial charge in [0.15, 0.2) is 11.5 Å². The number of pyridine rings is 1. The number of nitrogens with one attached hydrogen (secondary N) is 2. The summed E-state index contributed by atoms with van der Waals surface area (Å²) in [6, 6.07) is 9.66. The molecule has 0 radical (unpaired) electrons. The van der Waals surface area contributed by atoms with E-state index < -0.39 is 18.8 Å². The van der Waals surface area contributed by atoms with E-state index in [0.717, 1.165) is 17.8 Å². The lowest BCUT2D eigenvalue weighted by molar-refractivity contribution is -0.141. The minimum Gasteiger partial charge on any atom is -0.377 e. The number of benzene rings is 1. The van der Waals surface area contributed by atoms with Crippen LogP contribution in [0.5, 0.6) is 0 Å². The van der Waals surface area contributed by atoms with Crippen LogP contribution in [0, 0.1) is 0 Å². The van der Waals surface area contributed by atoms with Gasteiger partial charge >= 0.3 is 12.2 Å². The third-order valence-corrected chi connectivity index (χ3v) is 6.84. The summed E-state index contributed by atoms with van der Waals surface area (Å²) in [5.74, 6) is 0.802. The highest BCUT2D eigenvalue weighted by atomic mass is 19.4. The fourth-order valence-electron chi connectivity index (χ4n) is 5.20. The molecule has 5 heterocycles. The zero-order chi connectivity index (χ0) is 27.9. The zero-order valence-electron chi connectivity index (χ0n) is 21.5. The molecule has 2 aliphatic rings. The number of anilines is 3. The number of alkyl halides is 3. The summed E-state index contributed by atoms with van der Waals surface area (Å²) in [6.07, 6.45) is 0.0765. The van der Waals surface area contributed by atoms with E-state index in [9.17, 15) is 18.0 Å². The van der Waals surface area contributed by atoms with E-state index in [4.69, 9.17) is 9.72 Å². The van der Waals surface area contributed by atoms with Gasteiger partial charge in [0.25, 0.3) is 0 Å². The Hall–Kier alpha value is -4.30. The molecule has 11 nitrogen and oxygen atoms in total. The SMILES string of the molecule is CN1CC2COCC(C1)N2c1nc(-c2ccc(NC(=O)Nc3ccncc3)cc2)nc2c1cnn2CC(F)(F)F. The highest BCUT2D eigenvalue weighted by Gasteiger charge is 2.39. The van der Waals surface area contributed by atoms with Crippen LogP contribution in [0.1, 0.15) is 0 Å². The van der Waals surface area contributed by atoms with Crippen LogP contribution < -0.4 is 15.5 Å². The maximum Gasteiger partial charge on any atom is 0.408 e. The van der Waals surface area contributed by atoms with Crippen molar-refractivity contribution in [3.8, 4) is 11.4 Å².